The van der Waals surface area contributed by atoms with Crippen molar-refractivity contribution in [2.24, 2.45) is 0 Å². The van der Waals surface area contributed by atoms with Crippen LogP contribution in [-0.2, 0) is 0 Å². The molecule has 3 heteroatoms. The molecule has 0 N–H and O–H groups in total. The van der Waals surface area contributed by atoms with Gasteiger partial charge >= 0.3 is 0 Å². The molecule has 1 aromatic heterocycles. The van der Waals surface area contributed by atoms with E-state index >= 15 is 0 Å². The van der Waals surface area contributed by atoms with Crippen LogP contribution in [-0.4, -0.2) is 34.8 Å². The molecule has 3 nitrogen and oxygen atoms in total. The Kier molecular flexibility index (Phi) is 3.96. The predicted octanol–water partition coefficient (Wildman–Crippen LogP) is 1.79. The van der Waals surface area contributed by atoms with Gasteiger partial charge in [-0.2, -0.15) is 5.10 Å². The molecule has 1 aromatic rings. The van der Waals surface area contributed by atoms with Crippen molar-refractivity contribution in [2.75, 3.05) is 20.1 Å². The topological polar surface area (TPSA) is 21.1 Å². The fraction of sp³-hybridized carbons (Fsp3) is 0.700. The van der Waals surface area contributed by atoms with Crippen LogP contribution in [0.25, 0.3) is 0 Å². The van der Waals surface area contributed by atoms with Crippen LogP contribution in [0.3, 0.4) is 0 Å². The Morgan fingerprint density at radius 2 is 2.15 bits per heavy atom. The van der Waals surface area contributed by atoms with Gasteiger partial charge in [-0.15, -0.1) is 0 Å². The molecule has 0 bridgehead atoms. The van der Waals surface area contributed by atoms with Gasteiger partial charge in [0, 0.05) is 18.9 Å². The molecule has 13 heavy (non-hydrogen) atoms. The first-order chi connectivity index (χ1) is 6.36. The quantitative estimate of drug-likeness (QED) is 0.658. The summed E-state index contributed by atoms with van der Waals surface area (Å²) in [5, 5.41) is 4.22. The molecule has 0 saturated carbocycles. The number of nitrogens with zero attached hydrogens (tertiary/aromatic N) is 3. The minimum atomic E-state index is 0.606. The van der Waals surface area contributed by atoms with Gasteiger partial charge in [-0.1, -0.05) is 13.8 Å². The molecular formula is C10H19N3. The van der Waals surface area contributed by atoms with E-state index < -0.39 is 0 Å². The summed E-state index contributed by atoms with van der Waals surface area (Å²) in [5.41, 5.74) is 0. The van der Waals surface area contributed by atoms with Crippen LogP contribution < -0.4 is 0 Å². The number of likely N-dealkylation sites (tertiary alicyclic amines) is 1. The number of aromatic nitrogens is 2. The number of hydrogen-bond acceptors (Lipinski definition) is 2. The molecule has 0 aliphatic carbocycles. The summed E-state index contributed by atoms with van der Waals surface area (Å²) in [6.45, 7) is 6.34. The van der Waals surface area contributed by atoms with E-state index in [2.05, 4.69) is 21.7 Å². The molecule has 1 aliphatic heterocycles. The lowest BCUT2D eigenvalue weighted by Crippen LogP contribution is -2.16. The fourth-order valence-electron chi connectivity index (χ4n) is 1.62. The Hall–Kier alpha value is -0.830. The highest BCUT2D eigenvalue weighted by Crippen LogP contribution is 2.18. The summed E-state index contributed by atoms with van der Waals surface area (Å²) in [4.78, 5) is 2.34. The summed E-state index contributed by atoms with van der Waals surface area (Å²) >= 11 is 0. The normalized spacial score (nSPS) is 22.5. The molecule has 0 aromatic carbocycles. The second-order valence-electron chi connectivity index (χ2n) is 3.19. The van der Waals surface area contributed by atoms with Crippen LogP contribution >= 0.6 is 0 Å². The zero-order chi connectivity index (χ0) is 9.68. The standard InChI is InChI=1S/C8H13N3.C2H6/c1-10-6-3-8(7-10)11-5-2-4-9-11;1-2/h2,4-5,8H,3,6-7H2,1H3;1-2H3. The molecule has 1 fully saturated rings. The summed E-state index contributed by atoms with van der Waals surface area (Å²) in [6.07, 6.45) is 5.13. The van der Waals surface area contributed by atoms with Gasteiger partial charge in [-0.05, 0) is 26.1 Å². The van der Waals surface area contributed by atoms with Gasteiger partial charge in [0.15, 0.2) is 0 Å². The van der Waals surface area contributed by atoms with Crippen LogP contribution in [0.4, 0.5) is 0 Å². The maximum absolute atomic E-state index is 4.22. The highest BCUT2D eigenvalue weighted by atomic mass is 15.3. The van der Waals surface area contributed by atoms with Crippen molar-refractivity contribution >= 4 is 0 Å². The van der Waals surface area contributed by atoms with Crippen molar-refractivity contribution in [1.82, 2.24) is 14.7 Å². The molecule has 1 aliphatic rings. The van der Waals surface area contributed by atoms with Crippen LogP contribution in [0, 0.1) is 0 Å². The minimum Gasteiger partial charge on any atom is -0.304 e. The van der Waals surface area contributed by atoms with E-state index in [1.54, 1.807) is 0 Å². The van der Waals surface area contributed by atoms with E-state index in [9.17, 15) is 0 Å². The van der Waals surface area contributed by atoms with E-state index in [-0.39, 0.29) is 0 Å². The molecule has 2 rings (SSSR count). The third kappa shape index (κ3) is 2.56. The largest absolute Gasteiger partial charge is 0.304 e. The van der Waals surface area contributed by atoms with Crippen molar-refractivity contribution in [1.29, 1.82) is 0 Å². The van der Waals surface area contributed by atoms with Crippen molar-refractivity contribution in [2.45, 2.75) is 26.3 Å². The number of hydrogen-bond donors (Lipinski definition) is 0. The van der Waals surface area contributed by atoms with Crippen molar-refractivity contribution < 1.29 is 0 Å². The maximum atomic E-state index is 4.22. The first-order valence-electron chi connectivity index (χ1n) is 5.04. The second-order valence-corrected chi connectivity index (χ2v) is 3.19. The maximum Gasteiger partial charge on any atom is 0.0658 e. The van der Waals surface area contributed by atoms with Crippen LogP contribution in [0.5, 0.6) is 0 Å². The highest BCUT2D eigenvalue weighted by Gasteiger charge is 2.20. The Morgan fingerprint density at radius 1 is 1.38 bits per heavy atom. The third-order valence-corrected chi connectivity index (χ3v) is 2.27. The van der Waals surface area contributed by atoms with Crippen LogP contribution in [0.15, 0.2) is 18.5 Å². The van der Waals surface area contributed by atoms with Crippen molar-refractivity contribution in [3.63, 3.8) is 0 Å². The lowest BCUT2D eigenvalue weighted by atomic mass is 10.3. The zero-order valence-corrected chi connectivity index (χ0v) is 8.77. The summed E-state index contributed by atoms with van der Waals surface area (Å²) in [5.74, 6) is 0. The van der Waals surface area contributed by atoms with Crippen molar-refractivity contribution in [3.05, 3.63) is 18.5 Å². The highest BCUT2D eigenvalue weighted by molar-refractivity contribution is 4.85. The second kappa shape index (κ2) is 5.02. The first kappa shape index (κ1) is 10.3. The van der Waals surface area contributed by atoms with Gasteiger partial charge in [0.1, 0.15) is 0 Å². The lowest BCUT2D eigenvalue weighted by Gasteiger charge is -2.09. The molecular weight excluding hydrogens is 162 g/mol. The molecule has 1 atom stereocenters. The van der Waals surface area contributed by atoms with Gasteiger partial charge in [-0.25, -0.2) is 0 Å². The van der Waals surface area contributed by atoms with Crippen LogP contribution in [0.1, 0.15) is 26.3 Å². The predicted molar refractivity (Wildman–Crippen MR) is 54.7 cm³/mol. The van der Waals surface area contributed by atoms with Gasteiger partial charge in [0.25, 0.3) is 0 Å². The summed E-state index contributed by atoms with van der Waals surface area (Å²) in [6, 6.07) is 2.59. The molecule has 0 amide bonds. The minimum absolute atomic E-state index is 0.606. The Balaban J connectivity index is 0.000000396. The third-order valence-electron chi connectivity index (χ3n) is 2.27. The summed E-state index contributed by atoms with van der Waals surface area (Å²) in [7, 11) is 2.16. The van der Waals surface area contributed by atoms with E-state index in [0.29, 0.717) is 6.04 Å². The van der Waals surface area contributed by atoms with E-state index in [1.165, 1.54) is 13.0 Å². The average molecular weight is 181 g/mol. The Bertz CT molecular complexity index is 218. The van der Waals surface area contributed by atoms with Gasteiger partial charge in [-0.3, -0.25) is 4.68 Å². The molecule has 74 valence electrons. The smallest absolute Gasteiger partial charge is 0.0658 e. The number of rotatable bonds is 1. The summed E-state index contributed by atoms with van der Waals surface area (Å²) < 4.78 is 2.06. The van der Waals surface area contributed by atoms with Crippen LogP contribution in [0.2, 0.25) is 0 Å². The monoisotopic (exact) mass is 181 g/mol. The molecule has 1 unspecified atom stereocenters. The van der Waals surface area contributed by atoms with E-state index in [4.69, 9.17) is 0 Å². The van der Waals surface area contributed by atoms with E-state index in [0.717, 1.165) is 6.54 Å². The van der Waals surface area contributed by atoms with Crippen molar-refractivity contribution in [3.8, 4) is 0 Å². The van der Waals surface area contributed by atoms with E-state index in [1.807, 2.05) is 32.3 Å². The Morgan fingerprint density at radius 3 is 2.62 bits per heavy atom. The van der Waals surface area contributed by atoms with Gasteiger partial charge < -0.3 is 4.90 Å². The molecule has 0 spiro atoms. The molecule has 2 heterocycles. The first-order valence-corrected chi connectivity index (χ1v) is 5.04. The zero-order valence-electron chi connectivity index (χ0n) is 8.77. The SMILES string of the molecule is CC.CN1CCC(n2cccn2)C1. The number of likely N-dealkylation sites (N-methyl/N-ethyl adjacent to an activating group) is 1. The fourth-order valence-corrected chi connectivity index (χ4v) is 1.62. The lowest BCUT2D eigenvalue weighted by molar-refractivity contribution is 0.382. The molecule has 0 radical (unpaired) electrons. The van der Waals surface area contributed by atoms with Gasteiger partial charge in [0.05, 0.1) is 6.04 Å². The van der Waals surface area contributed by atoms with Gasteiger partial charge in [0.2, 0.25) is 0 Å². The average Bonchev–Trinajstić information content (AvgIpc) is 2.77. The Labute approximate surface area is 80.4 Å². The molecule has 1 saturated heterocycles.